The minimum Gasteiger partial charge on any atom is -0.301 e. The first-order valence-electron chi connectivity index (χ1n) is 8.28. The average Bonchev–Trinajstić information content (AvgIpc) is 3.42. The van der Waals surface area contributed by atoms with Crippen LogP contribution in [0, 0.1) is 0 Å². The van der Waals surface area contributed by atoms with Gasteiger partial charge in [-0.15, -0.1) is 22.7 Å². The number of amides is 1. The summed E-state index contributed by atoms with van der Waals surface area (Å²) in [5, 5.41) is 6.79. The molecule has 1 fully saturated rings. The molecule has 0 aliphatic carbocycles. The van der Waals surface area contributed by atoms with Gasteiger partial charge in [-0.25, -0.2) is 13.4 Å². The van der Waals surface area contributed by atoms with Crippen molar-refractivity contribution in [3.05, 3.63) is 47.4 Å². The Morgan fingerprint density at radius 3 is 2.78 bits per heavy atom. The summed E-state index contributed by atoms with van der Waals surface area (Å²) in [4.78, 5) is 21.1. The van der Waals surface area contributed by atoms with E-state index in [9.17, 15) is 13.2 Å². The fraction of sp³-hybridized carbons (Fsp3) is 0.235. The van der Waals surface area contributed by atoms with E-state index in [1.807, 2.05) is 17.5 Å². The van der Waals surface area contributed by atoms with Crippen LogP contribution >= 0.6 is 22.7 Å². The predicted octanol–water partition coefficient (Wildman–Crippen LogP) is 3.06. The Balaban J connectivity index is 1.50. The van der Waals surface area contributed by atoms with Gasteiger partial charge in [0.1, 0.15) is 10.3 Å². The van der Waals surface area contributed by atoms with Crippen molar-refractivity contribution in [3.63, 3.8) is 0 Å². The monoisotopic (exact) mass is 420 g/mol. The van der Waals surface area contributed by atoms with Gasteiger partial charge in [0.25, 0.3) is 10.0 Å². The average molecular weight is 421 g/mol. The molecule has 1 amide bonds. The molecule has 1 aliphatic rings. The third kappa shape index (κ3) is 3.65. The van der Waals surface area contributed by atoms with Gasteiger partial charge in [0, 0.05) is 29.9 Å². The number of sulfonamides is 1. The third-order valence-electron chi connectivity index (χ3n) is 4.27. The zero-order chi connectivity index (χ0) is 18.9. The van der Waals surface area contributed by atoms with Gasteiger partial charge in [0.2, 0.25) is 5.91 Å². The third-order valence-corrected chi connectivity index (χ3v) is 8.31. The zero-order valence-electron chi connectivity index (χ0n) is 14.1. The molecule has 1 saturated heterocycles. The largest absolute Gasteiger partial charge is 0.301 e. The predicted molar refractivity (Wildman–Crippen MR) is 105 cm³/mol. The van der Waals surface area contributed by atoms with Gasteiger partial charge >= 0.3 is 0 Å². The highest BCUT2D eigenvalue weighted by molar-refractivity contribution is 7.91. The van der Waals surface area contributed by atoms with Gasteiger partial charge in [-0.1, -0.05) is 6.07 Å². The van der Waals surface area contributed by atoms with Crippen LogP contribution in [0.1, 0.15) is 12.8 Å². The Hall–Kier alpha value is -2.14. The zero-order valence-corrected chi connectivity index (χ0v) is 16.6. The summed E-state index contributed by atoms with van der Waals surface area (Å²) in [6, 6.07) is 6.22. The first kappa shape index (κ1) is 18.2. The summed E-state index contributed by atoms with van der Waals surface area (Å²) in [7, 11) is -3.65. The normalized spacial score (nSPS) is 17.9. The second kappa shape index (κ2) is 7.47. The van der Waals surface area contributed by atoms with E-state index in [0.29, 0.717) is 24.5 Å². The van der Waals surface area contributed by atoms with Crippen LogP contribution in [0.5, 0.6) is 0 Å². The Bertz CT molecular complexity index is 1030. The van der Waals surface area contributed by atoms with Crippen molar-refractivity contribution >= 4 is 43.7 Å². The van der Waals surface area contributed by atoms with Crippen molar-refractivity contribution in [2.45, 2.75) is 23.1 Å². The molecule has 0 saturated carbocycles. The number of carbonyl (C=O) groups excluding carboxylic acids is 1. The number of thiophene rings is 1. The number of hydrogen-bond acceptors (Lipinski definition) is 7. The van der Waals surface area contributed by atoms with Crippen LogP contribution in [0.4, 0.5) is 5.13 Å². The first-order chi connectivity index (χ1) is 13.1. The lowest BCUT2D eigenvalue weighted by Gasteiger charge is -2.22. The van der Waals surface area contributed by atoms with Crippen molar-refractivity contribution < 1.29 is 13.2 Å². The Labute approximate surface area is 164 Å². The van der Waals surface area contributed by atoms with Crippen LogP contribution in [0.25, 0.3) is 11.3 Å². The van der Waals surface area contributed by atoms with E-state index in [-0.39, 0.29) is 10.1 Å². The number of carbonyl (C=O) groups is 1. The maximum atomic E-state index is 12.8. The second-order valence-electron chi connectivity index (χ2n) is 5.97. The van der Waals surface area contributed by atoms with E-state index in [4.69, 9.17) is 0 Å². The first-order valence-corrected chi connectivity index (χ1v) is 11.5. The maximum Gasteiger partial charge on any atom is 0.253 e. The number of aromatic nitrogens is 2. The van der Waals surface area contributed by atoms with Crippen LogP contribution in [0.15, 0.2) is 51.6 Å². The van der Waals surface area contributed by atoms with Crippen molar-refractivity contribution in [3.8, 4) is 11.3 Å². The minimum absolute atomic E-state index is 0.261. The van der Waals surface area contributed by atoms with E-state index in [0.717, 1.165) is 22.6 Å². The summed E-state index contributed by atoms with van der Waals surface area (Å²) < 4.78 is 27.1. The van der Waals surface area contributed by atoms with Gasteiger partial charge < -0.3 is 5.32 Å². The van der Waals surface area contributed by atoms with Crippen molar-refractivity contribution in [1.82, 2.24) is 14.3 Å². The standard InChI is InChI=1S/C17H16N4O3S3/c22-16(20-17-19-13(11-26-17)12-5-7-18-8-6-12)14-3-1-9-21(14)27(23,24)15-4-2-10-25-15/h2,4-8,10-11,14H,1,3,9H2,(H,19,20,22)/t14-/m1/s1. The van der Waals surface area contributed by atoms with E-state index < -0.39 is 16.1 Å². The Kier molecular flexibility index (Phi) is 5.04. The number of thiazole rings is 1. The molecule has 3 aromatic heterocycles. The van der Waals surface area contributed by atoms with Crippen LogP contribution < -0.4 is 5.32 Å². The van der Waals surface area contributed by atoms with Crippen molar-refractivity contribution in [2.75, 3.05) is 11.9 Å². The summed E-state index contributed by atoms with van der Waals surface area (Å²) in [5.41, 5.74) is 1.65. The van der Waals surface area contributed by atoms with E-state index >= 15 is 0 Å². The molecule has 1 aliphatic heterocycles. The second-order valence-corrected chi connectivity index (χ2v) is 9.89. The number of anilines is 1. The molecule has 1 N–H and O–H groups in total. The Morgan fingerprint density at radius 1 is 1.22 bits per heavy atom. The van der Waals surface area contributed by atoms with Gasteiger partial charge in [-0.2, -0.15) is 4.31 Å². The number of rotatable bonds is 5. The molecule has 10 heteroatoms. The van der Waals surface area contributed by atoms with Crippen LogP contribution in [0.2, 0.25) is 0 Å². The highest BCUT2D eigenvalue weighted by atomic mass is 32.2. The van der Waals surface area contributed by atoms with Crippen LogP contribution in [-0.2, 0) is 14.8 Å². The summed E-state index contributed by atoms with van der Waals surface area (Å²) in [6.45, 7) is 0.346. The number of pyridine rings is 1. The van der Waals surface area contributed by atoms with Crippen LogP contribution in [-0.4, -0.2) is 41.2 Å². The molecule has 27 heavy (non-hydrogen) atoms. The smallest absolute Gasteiger partial charge is 0.253 e. The molecule has 7 nitrogen and oxygen atoms in total. The van der Waals surface area contributed by atoms with Crippen LogP contribution in [0.3, 0.4) is 0 Å². The molecule has 4 heterocycles. The molecule has 3 aromatic rings. The molecule has 0 spiro atoms. The topological polar surface area (TPSA) is 92.3 Å². The summed E-state index contributed by atoms with van der Waals surface area (Å²) in [5.74, 6) is -0.344. The van der Waals surface area contributed by atoms with Gasteiger partial charge in [0.15, 0.2) is 5.13 Å². The molecule has 140 valence electrons. The van der Waals surface area contributed by atoms with Gasteiger partial charge in [-0.05, 0) is 36.4 Å². The van der Waals surface area contributed by atoms with E-state index in [1.54, 1.807) is 29.9 Å². The molecule has 4 rings (SSSR count). The fourth-order valence-corrected chi connectivity index (χ4v) is 6.49. The number of hydrogen-bond donors (Lipinski definition) is 1. The van der Waals surface area contributed by atoms with Crippen molar-refractivity contribution in [1.29, 1.82) is 0 Å². The lowest BCUT2D eigenvalue weighted by atomic mass is 10.2. The van der Waals surface area contributed by atoms with E-state index in [1.165, 1.54) is 15.6 Å². The highest BCUT2D eigenvalue weighted by Crippen LogP contribution is 2.30. The van der Waals surface area contributed by atoms with E-state index in [2.05, 4.69) is 15.3 Å². The number of nitrogens with zero attached hydrogens (tertiary/aromatic N) is 3. The SMILES string of the molecule is O=C(Nc1nc(-c2ccncc2)cs1)[C@H]1CCCN1S(=O)(=O)c1cccs1. The Morgan fingerprint density at radius 2 is 2.04 bits per heavy atom. The molecule has 0 bridgehead atoms. The minimum atomic E-state index is -3.65. The molecular formula is C17H16N4O3S3. The summed E-state index contributed by atoms with van der Waals surface area (Å²) >= 11 is 2.47. The molecule has 0 unspecified atom stereocenters. The fourth-order valence-electron chi connectivity index (χ4n) is 2.99. The molecule has 1 atom stereocenters. The lowest BCUT2D eigenvalue weighted by molar-refractivity contribution is -0.119. The maximum absolute atomic E-state index is 12.8. The van der Waals surface area contributed by atoms with Gasteiger partial charge in [0.05, 0.1) is 5.69 Å². The lowest BCUT2D eigenvalue weighted by Crippen LogP contribution is -2.42. The van der Waals surface area contributed by atoms with Gasteiger partial charge in [-0.3, -0.25) is 9.78 Å². The quantitative estimate of drug-likeness (QED) is 0.685. The van der Waals surface area contributed by atoms with Crippen molar-refractivity contribution in [2.24, 2.45) is 0 Å². The highest BCUT2D eigenvalue weighted by Gasteiger charge is 2.40. The molecule has 0 radical (unpaired) electrons. The molecule has 0 aromatic carbocycles. The summed E-state index contributed by atoms with van der Waals surface area (Å²) in [6.07, 6.45) is 4.51. The number of nitrogens with one attached hydrogen (secondary N) is 1. The molecular weight excluding hydrogens is 404 g/mol.